The monoisotopic (exact) mass is 293 g/mol. The van der Waals surface area contributed by atoms with Crippen molar-refractivity contribution in [1.29, 1.82) is 0 Å². The van der Waals surface area contributed by atoms with Crippen LogP contribution in [0.3, 0.4) is 0 Å². The second kappa shape index (κ2) is 5.26. The lowest BCUT2D eigenvalue weighted by Gasteiger charge is -2.47. The number of carbonyl (C=O) groups is 2. The van der Waals surface area contributed by atoms with Crippen molar-refractivity contribution in [1.82, 2.24) is 4.90 Å². The molecule has 1 aliphatic heterocycles. The Labute approximate surface area is 114 Å². The summed E-state index contributed by atoms with van der Waals surface area (Å²) in [6.07, 6.45) is 0.368. The number of hydrogen-bond donors (Lipinski definition) is 1. The molecule has 7 heteroatoms. The molecule has 2 aliphatic rings. The Morgan fingerprint density at radius 3 is 2.20 bits per heavy atom. The highest BCUT2D eigenvalue weighted by Crippen LogP contribution is 2.47. The number of carbonyl (C=O) groups excluding carboxylic acids is 1. The van der Waals surface area contributed by atoms with Crippen LogP contribution in [-0.4, -0.2) is 40.6 Å². The minimum atomic E-state index is -5.01. The number of carboxylic acid groups (broad SMARTS) is 1. The molecule has 1 heterocycles. The predicted octanol–water partition coefficient (Wildman–Crippen LogP) is 2.57. The quantitative estimate of drug-likeness (QED) is 0.808. The summed E-state index contributed by atoms with van der Waals surface area (Å²) in [6.45, 7) is -0.116. The van der Waals surface area contributed by atoms with Crippen molar-refractivity contribution < 1.29 is 27.9 Å². The summed E-state index contributed by atoms with van der Waals surface area (Å²) < 4.78 is 37.6. The van der Waals surface area contributed by atoms with Gasteiger partial charge in [-0.25, -0.2) is 4.79 Å². The predicted molar refractivity (Wildman–Crippen MR) is 63.9 cm³/mol. The number of alkyl halides is 3. The molecule has 0 aromatic rings. The summed E-state index contributed by atoms with van der Waals surface area (Å²) in [4.78, 5) is 23.1. The molecule has 1 N–H and O–H groups in total. The first-order chi connectivity index (χ1) is 9.25. The van der Waals surface area contributed by atoms with Crippen LogP contribution in [0.15, 0.2) is 0 Å². The number of amides is 1. The van der Waals surface area contributed by atoms with Crippen LogP contribution in [0.5, 0.6) is 0 Å². The van der Waals surface area contributed by atoms with Crippen LogP contribution in [0.2, 0.25) is 0 Å². The lowest BCUT2D eigenvalue weighted by Crippen LogP contribution is -2.56. The molecule has 2 rings (SSSR count). The third-order valence-electron chi connectivity index (χ3n) is 4.59. The molecule has 114 valence electrons. The van der Waals surface area contributed by atoms with E-state index in [2.05, 4.69) is 0 Å². The summed E-state index contributed by atoms with van der Waals surface area (Å²) >= 11 is 0. The molecule has 2 fully saturated rings. The zero-order valence-electron chi connectivity index (χ0n) is 11.1. The maximum absolute atomic E-state index is 12.5. The first-order valence-electron chi connectivity index (χ1n) is 6.86. The zero-order valence-corrected chi connectivity index (χ0v) is 11.1. The molecule has 1 saturated heterocycles. The lowest BCUT2D eigenvalue weighted by atomic mass is 9.66. The van der Waals surface area contributed by atoms with E-state index >= 15 is 0 Å². The summed E-state index contributed by atoms with van der Waals surface area (Å²) in [7, 11) is 0. The fourth-order valence-electron chi connectivity index (χ4n) is 3.52. The Hall–Kier alpha value is -1.27. The smallest absolute Gasteiger partial charge is 0.471 e. The first-order valence-corrected chi connectivity index (χ1v) is 6.86. The fourth-order valence-corrected chi connectivity index (χ4v) is 3.52. The van der Waals surface area contributed by atoms with E-state index in [1.54, 1.807) is 0 Å². The van der Waals surface area contributed by atoms with Gasteiger partial charge in [0.15, 0.2) is 0 Å². The van der Waals surface area contributed by atoms with Crippen LogP contribution in [0.1, 0.15) is 44.9 Å². The number of halogens is 3. The molecule has 1 spiro atoms. The second-order valence-corrected chi connectivity index (χ2v) is 5.87. The summed E-state index contributed by atoms with van der Waals surface area (Å²) in [5, 5.41) is 9.18. The summed E-state index contributed by atoms with van der Waals surface area (Å²) in [5.74, 6) is -3.37. The minimum Gasteiger partial charge on any atom is -0.480 e. The lowest BCUT2D eigenvalue weighted by molar-refractivity contribution is -0.193. The molecule has 1 atom stereocenters. The number of likely N-dealkylation sites (tertiary alicyclic amines) is 1. The van der Waals surface area contributed by atoms with Gasteiger partial charge in [0.05, 0.1) is 0 Å². The Kier molecular flexibility index (Phi) is 3.97. The first kappa shape index (κ1) is 15.1. The van der Waals surface area contributed by atoms with Gasteiger partial charge in [-0.1, -0.05) is 19.3 Å². The van der Waals surface area contributed by atoms with Gasteiger partial charge in [-0.3, -0.25) is 4.79 Å². The van der Waals surface area contributed by atoms with Crippen LogP contribution in [0.4, 0.5) is 13.2 Å². The van der Waals surface area contributed by atoms with Crippen molar-refractivity contribution >= 4 is 11.9 Å². The number of piperidine rings is 1. The average molecular weight is 293 g/mol. The maximum Gasteiger partial charge on any atom is 0.471 e. The Bertz CT molecular complexity index is 402. The molecule has 0 radical (unpaired) electrons. The molecule has 0 bridgehead atoms. The summed E-state index contributed by atoms with van der Waals surface area (Å²) in [6, 6.07) is -1.35. The van der Waals surface area contributed by atoms with E-state index in [0.717, 1.165) is 32.1 Å². The van der Waals surface area contributed by atoms with Gasteiger partial charge >= 0.3 is 18.1 Å². The van der Waals surface area contributed by atoms with Gasteiger partial charge in [0.2, 0.25) is 0 Å². The van der Waals surface area contributed by atoms with Crippen LogP contribution < -0.4 is 0 Å². The van der Waals surface area contributed by atoms with Crippen molar-refractivity contribution in [3.8, 4) is 0 Å². The number of aliphatic carboxylic acids is 1. The zero-order chi connectivity index (χ0) is 15.0. The Morgan fingerprint density at radius 1 is 1.10 bits per heavy atom. The van der Waals surface area contributed by atoms with E-state index < -0.39 is 24.1 Å². The molecule has 4 nitrogen and oxygen atoms in total. The maximum atomic E-state index is 12.5. The van der Waals surface area contributed by atoms with Crippen LogP contribution in [0, 0.1) is 5.41 Å². The summed E-state index contributed by atoms with van der Waals surface area (Å²) in [5.41, 5.74) is -0.191. The van der Waals surface area contributed by atoms with Gasteiger partial charge in [-0.05, 0) is 31.1 Å². The Balaban J connectivity index is 2.17. The molecule has 0 aromatic heterocycles. The second-order valence-electron chi connectivity index (χ2n) is 5.87. The standard InChI is InChI=1S/C13H18F3NO3/c14-13(15,16)11(20)17-7-6-12(4-2-1-3-5-12)8-9(17)10(18)19/h9H,1-8H2,(H,18,19). The highest BCUT2D eigenvalue weighted by molar-refractivity contribution is 5.87. The number of nitrogens with zero attached hydrogens (tertiary/aromatic N) is 1. The van der Waals surface area contributed by atoms with Crippen LogP contribution >= 0.6 is 0 Å². The molecular weight excluding hydrogens is 275 g/mol. The van der Waals surface area contributed by atoms with Gasteiger partial charge < -0.3 is 10.0 Å². The van der Waals surface area contributed by atoms with Gasteiger partial charge in [0, 0.05) is 6.54 Å². The number of carboxylic acids is 1. The third kappa shape index (κ3) is 2.91. The molecule has 1 saturated carbocycles. The van der Waals surface area contributed by atoms with Gasteiger partial charge in [0.25, 0.3) is 0 Å². The van der Waals surface area contributed by atoms with E-state index in [-0.39, 0.29) is 18.4 Å². The van der Waals surface area contributed by atoms with Gasteiger partial charge in [-0.15, -0.1) is 0 Å². The highest BCUT2D eigenvalue weighted by atomic mass is 19.4. The largest absolute Gasteiger partial charge is 0.480 e. The van der Waals surface area contributed by atoms with Crippen molar-refractivity contribution in [3.05, 3.63) is 0 Å². The van der Waals surface area contributed by atoms with E-state index in [1.165, 1.54) is 0 Å². The van der Waals surface area contributed by atoms with E-state index in [0.29, 0.717) is 11.3 Å². The molecule has 1 amide bonds. The molecule has 0 aromatic carbocycles. The molecule has 1 aliphatic carbocycles. The minimum absolute atomic E-state index is 0.116. The molecular formula is C13H18F3NO3. The van der Waals surface area contributed by atoms with Crippen LogP contribution in [0.25, 0.3) is 0 Å². The third-order valence-corrected chi connectivity index (χ3v) is 4.59. The van der Waals surface area contributed by atoms with E-state index in [1.807, 2.05) is 0 Å². The Morgan fingerprint density at radius 2 is 1.70 bits per heavy atom. The average Bonchev–Trinajstić information content (AvgIpc) is 2.38. The SMILES string of the molecule is O=C(O)C1CC2(CCCCC2)CCN1C(=O)C(F)(F)F. The topological polar surface area (TPSA) is 57.6 Å². The highest BCUT2D eigenvalue weighted by Gasteiger charge is 2.51. The fraction of sp³-hybridized carbons (Fsp3) is 0.846. The normalized spacial score (nSPS) is 26.6. The van der Waals surface area contributed by atoms with Crippen molar-refractivity contribution in [2.75, 3.05) is 6.54 Å². The number of hydrogen-bond acceptors (Lipinski definition) is 2. The molecule has 20 heavy (non-hydrogen) atoms. The number of rotatable bonds is 1. The van der Waals surface area contributed by atoms with Crippen LogP contribution in [-0.2, 0) is 9.59 Å². The molecule has 1 unspecified atom stereocenters. The van der Waals surface area contributed by atoms with Gasteiger partial charge in [-0.2, -0.15) is 13.2 Å². The van der Waals surface area contributed by atoms with Crippen molar-refractivity contribution in [2.45, 2.75) is 57.2 Å². The van der Waals surface area contributed by atoms with Gasteiger partial charge in [0.1, 0.15) is 6.04 Å². The van der Waals surface area contributed by atoms with E-state index in [9.17, 15) is 27.9 Å². The van der Waals surface area contributed by atoms with E-state index in [4.69, 9.17) is 0 Å². The van der Waals surface area contributed by atoms with Crippen molar-refractivity contribution in [2.24, 2.45) is 5.41 Å². The van der Waals surface area contributed by atoms with Crippen molar-refractivity contribution in [3.63, 3.8) is 0 Å².